The van der Waals surface area contributed by atoms with E-state index in [2.05, 4.69) is 10.2 Å². The molecule has 2 atom stereocenters. The second-order valence-corrected chi connectivity index (χ2v) is 5.08. The summed E-state index contributed by atoms with van der Waals surface area (Å²) in [5.41, 5.74) is 0. The average Bonchev–Trinajstić information content (AvgIpc) is 2.38. The van der Waals surface area contributed by atoms with Gasteiger partial charge in [0.1, 0.15) is 0 Å². The van der Waals surface area contributed by atoms with Crippen LogP contribution in [0.3, 0.4) is 0 Å². The van der Waals surface area contributed by atoms with Crippen LogP contribution in [0, 0.1) is 0 Å². The van der Waals surface area contributed by atoms with Crippen LogP contribution < -0.4 is 5.32 Å². The van der Waals surface area contributed by atoms with Crippen molar-refractivity contribution >= 4 is 12.0 Å². The molecule has 0 aromatic rings. The Hall–Kier alpha value is -1.34. The molecular formula is C12H23N3O4. The monoisotopic (exact) mass is 273 g/mol. The van der Waals surface area contributed by atoms with Gasteiger partial charge in [0.05, 0.1) is 0 Å². The molecule has 0 bridgehead atoms. The summed E-state index contributed by atoms with van der Waals surface area (Å²) in [5, 5.41) is 20.2. The summed E-state index contributed by atoms with van der Waals surface area (Å²) in [7, 11) is 3.99. The summed E-state index contributed by atoms with van der Waals surface area (Å²) >= 11 is 0. The molecule has 0 aliphatic carbocycles. The summed E-state index contributed by atoms with van der Waals surface area (Å²) in [5.74, 6) is -1.26. The molecule has 0 spiro atoms. The molecule has 1 aliphatic heterocycles. The van der Waals surface area contributed by atoms with E-state index in [1.54, 1.807) is 4.90 Å². The van der Waals surface area contributed by atoms with Crippen LogP contribution in [0.15, 0.2) is 0 Å². The number of urea groups is 1. The van der Waals surface area contributed by atoms with Crippen molar-refractivity contribution in [2.75, 3.05) is 33.7 Å². The van der Waals surface area contributed by atoms with E-state index in [9.17, 15) is 9.59 Å². The number of aliphatic hydroxyl groups is 1. The van der Waals surface area contributed by atoms with Gasteiger partial charge in [-0.3, -0.25) is 0 Å². The number of rotatable bonds is 5. The van der Waals surface area contributed by atoms with Crippen molar-refractivity contribution in [3.63, 3.8) is 0 Å². The van der Waals surface area contributed by atoms with Crippen LogP contribution in [-0.4, -0.2) is 77.9 Å². The van der Waals surface area contributed by atoms with Crippen LogP contribution >= 0.6 is 0 Å². The lowest BCUT2D eigenvalue weighted by Crippen LogP contribution is -2.51. The fourth-order valence-corrected chi connectivity index (χ4v) is 2.11. The molecule has 110 valence electrons. The van der Waals surface area contributed by atoms with Crippen LogP contribution in [0.4, 0.5) is 4.79 Å². The third-order valence-electron chi connectivity index (χ3n) is 3.39. The van der Waals surface area contributed by atoms with Crippen LogP contribution in [0.25, 0.3) is 0 Å². The molecule has 0 aromatic carbocycles. The maximum Gasteiger partial charge on any atom is 0.332 e. The first-order valence-corrected chi connectivity index (χ1v) is 6.52. The Kier molecular flexibility index (Phi) is 6.04. The molecule has 1 saturated heterocycles. The Morgan fingerprint density at radius 3 is 2.74 bits per heavy atom. The van der Waals surface area contributed by atoms with Gasteiger partial charge in [-0.1, -0.05) is 0 Å². The lowest BCUT2D eigenvalue weighted by molar-refractivity contribution is -0.146. The summed E-state index contributed by atoms with van der Waals surface area (Å²) in [6.45, 7) is 1.56. The number of aliphatic carboxylic acids is 1. The highest BCUT2D eigenvalue weighted by Crippen LogP contribution is 2.13. The number of hydrogen-bond acceptors (Lipinski definition) is 4. The molecule has 7 heteroatoms. The zero-order chi connectivity index (χ0) is 14.4. The van der Waals surface area contributed by atoms with Gasteiger partial charge in [0.2, 0.25) is 0 Å². The second kappa shape index (κ2) is 7.30. The van der Waals surface area contributed by atoms with Crippen LogP contribution in [0.1, 0.15) is 19.3 Å². The summed E-state index contributed by atoms with van der Waals surface area (Å²) in [6.07, 6.45) is 0.644. The van der Waals surface area contributed by atoms with Gasteiger partial charge in [-0.2, -0.15) is 0 Å². The Morgan fingerprint density at radius 2 is 2.16 bits per heavy atom. The highest BCUT2D eigenvalue weighted by atomic mass is 16.4. The third kappa shape index (κ3) is 5.04. The molecule has 7 nitrogen and oxygen atoms in total. The third-order valence-corrected chi connectivity index (χ3v) is 3.39. The molecule has 0 saturated carbocycles. The van der Waals surface area contributed by atoms with Crippen molar-refractivity contribution in [1.29, 1.82) is 0 Å². The number of likely N-dealkylation sites (N-methyl/N-ethyl adjacent to an activating group) is 1. The van der Waals surface area contributed by atoms with E-state index in [-0.39, 0.29) is 19.0 Å². The number of aliphatic hydroxyl groups excluding tert-OH is 1. The van der Waals surface area contributed by atoms with Crippen LogP contribution in [0.5, 0.6) is 0 Å². The van der Waals surface area contributed by atoms with E-state index in [0.717, 1.165) is 19.4 Å². The van der Waals surface area contributed by atoms with Gasteiger partial charge in [-0.05, 0) is 26.9 Å². The number of nitrogens with one attached hydrogen (secondary N) is 1. The first-order chi connectivity index (χ1) is 8.91. The highest BCUT2D eigenvalue weighted by Gasteiger charge is 2.24. The largest absolute Gasteiger partial charge is 0.479 e. The van der Waals surface area contributed by atoms with Gasteiger partial charge in [0, 0.05) is 32.1 Å². The van der Waals surface area contributed by atoms with E-state index in [4.69, 9.17) is 10.2 Å². The molecule has 2 amide bonds. The molecule has 19 heavy (non-hydrogen) atoms. The molecule has 0 aromatic heterocycles. The first-order valence-electron chi connectivity index (χ1n) is 6.52. The van der Waals surface area contributed by atoms with Crippen LogP contribution in [-0.2, 0) is 4.79 Å². The number of piperidine rings is 1. The van der Waals surface area contributed by atoms with Gasteiger partial charge in [-0.15, -0.1) is 0 Å². The van der Waals surface area contributed by atoms with Gasteiger partial charge in [0.25, 0.3) is 0 Å². The van der Waals surface area contributed by atoms with E-state index in [0.29, 0.717) is 12.6 Å². The fraction of sp³-hybridized carbons (Fsp3) is 0.833. The zero-order valence-electron chi connectivity index (χ0n) is 11.5. The van der Waals surface area contributed by atoms with Gasteiger partial charge < -0.3 is 25.3 Å². The van der Waals surface area contributed by atoms with E-state index >= 15 is 0 Å². The topological polar surface area (TPSA) is 93.1 Å². The molecular weight excluding hydrogens is 250 g/mol. The zero-order valence-corrected chi connectivity index (χ0v) is 11.5. The van der Waals surface area contributed by atoms with Crippen molar-refractivity contribution in [2.45, 2.75) is 31.4 Å². The number of carboxylic acid groups (broad SMARTS) is 1. The van der Waals surface area contributed by atoms with Crippen molar-refractivity contribution < 1.29 is 19.8 Å². The van der Waals surface area contributed by atoms with Crippen LogP contribution in [0.2, 0.25) is 0 Å². The summed E-state index contributed by atoms with van der Waals surface area (Å²) in [4.78, 5) is 26.1. The second-order valence-electron chi connectivity index (χ2n) is 5.08. The van der Waals surface area contributed by atoms with E-state index in [1.165, 1.54) is 0 Å². The van der Waals surface area contributed by atoms with Gasteiger partial charge >= 0.3 is 12.0 Å². The maximum absolute atomic E-state index is 11.9. The first kappa shape index (κ1) is 15.7. The minimum Gasteiger partial charge on any atom is -0.479 e. The number of nitrogens with zero attached hydrogens (tertiary/aromatic N) is 2. The molecule has 0 radical (unpaired) electrons. The number of hydrogen-bond donors (Lipinski definition) is 3. The Balaban J connectivity index is 2.31. The number of carboxylic acids is 1. The minimum atomic E-state index is -1.42. The molecule has 3 N–H and O–H groups in total. The Labute approximate surface area is 113 Å². The Morgan fingerprint density at radius 1 is 1.47 bits per heavy atom. The lowest BCUT2D eigenvalue weighted by atomic mass is 10.1. The van der Waals surface area contributed by atoms with Gasteiger partial charge in [-0.25, -0.2) is 9.59 Å². The quantitative estimate of drug-likeness (QED) is 0.631. The molecule has 1 unspecified atom stereocenters. The number of likely N-dealkylation sites (tertiary alicyclic amines) is 1. The van der Waals surface area contributed by atoms with Crippen molar-refractivity contribution in [3.8, 4) is 0 Å². The maximum atomic E-state index is 11.9. The minimum absolute atomic E-state index is 0.0199. The average molecular weight is 273 g/mol. The molecule has 1 fully saturated rings. The summed E-state index contributed by atoms with van der Waals surface area (Å²) in [6, 6.07) is 0.174. The predicted molar refractivity (Wildman–Crippen MR) is 69.9 cm³/mol. The molecule has 1 heterocycles. The van der Waals surface area contributed by atoms with E-state index in [1.807, 2.05) is 14.1 Å². The number of carbonyl (C=O) groups excluding carboxylic acids is 1. The van der Waals surface area contributed by atoms with Crippen molar-refractivity contribution in [2.24, 2.45) is 0 Å². The van der Waals surface area contributed by atoms with Crippen molar-refractivity contribution in [1.82, 2.24) is 15.1 Å². The summed E-state index contributed by atoms with van der Waals surface area (Å²) < 4.78 is 0. The molecule has 1 rings (SSSR count). The standard InChI is InChI=1S/C12H23N3O4/c1-14(2)9-4-3-7-15(8-9)12(19)13-6-5-10(16)11(17)18/h9-10,16H,3-8H2,1-2H3,(H,13,19)(H,17,18)/t9?,10-/m0/s1. The fourth-order valence-electron chi connectivity index (χ4n) is 2.11. The highest BCUT2D eigenvalue weighted by molar-refractivity contribution is 5.75. The lowest BCUT2D eigenvalue weighted by Gasteiger charge is -2.36. The number of carbonyl (C=O) groups is 2. The molecule has 1 aliphatic rings. The SMILES string of the molecule is CN(C)C1CCCN(C(=O)NCC[C@H](O)C(=O)O)C1. The Bertz CT molecular complexity index is 322. The van der Waals surface area contributed by atoms with Gasteiger partial charge in [0.15, 0.2) is 6.10 Å². The number of amides is 2. The van der Waals surface area contributed by atoms with E-state index < -0.39 is 12.1 Å². The van der Waals surface area contributed by atoms with Crippen molar-refractivity contribution in [3.05, 3.63) is 0 Å². The predicted octanol–water partition coefficient (Wildman–Crippen LogP) is -0.442. The smallest absolute Gasteiger partial charge is 0.332 e. The normalized spacial score (nSPS) is 21.3.